The molecule has 0 saturated carbocycles. The van der Waals surface area contributed by atoms with Crippen LogP contribution < -0.4 is 0 Å². The van der Waals surface area contributed by atoms with Crippen LogP contribution in [0.15, 0.2) is 4.42 Å². The summed E-state index contributed by atoms with van der Waals surface area (Å²) in [6.07, 6.45) is 5.93. The number of hydrogen-bond donors (Lipinski definition) is 0. The minimum Gasteiger partial charge on any atom is -0.432 e. The zero-order chi connectivity index (χ0) is 11.8. The number of fused-ring (bicyclic) bond motifs is 2. The SMILES string of the molecule is CCCN1CCC[C@H]2Cc3nc(Cl)oc3C[C@@H]21. The van der Waals surface area contributed by atoms with Crippen LogP contribution in [0.4, 0.5) is 0 Å². The van der Waals surface area contributed by atoms with E-state index in [2.05, 4.69) is 16.8 Å². The molecule has 1 aromatic heterocycles. The fraction of sp³-hybridized carbons (Fsp3) is 0.769. The van der Waals surface area contributed by atoms with Gasteiger partial charge < -0.3 is 4.42 Å². The first-order valence-electron chi connectivity index (χ1n) is 6.66. The molecule has 1 saturated heterocycles. The van der Waals surface area contributed by atoms with Crippen LogP contribution in [0.3, 0.4) is 0 Å². The second-order valence-corrected chi connectivity index (χ2v) is 5.57. The fourth-order valence-corrected chi connectivity index (χ4v) is 3.62. The first-order valence-corrected chi connectivity index (χ1v) is 7.04. The molecule has 0 unspecified atom stereocenters. The predicted octanol–water partition coefficient (Wildman–Crippen LogP) is 2.92. The van der Waals surface area contributed by atoms with Crippen molar-refractivity contribution in [1.29, 1.82) is 0 Å². The number of aromatic nitrogens is 1. The van der Waals surface area contributed by atoms with Crippen LogP contribution in [0.25, 0.3) is 0 Å². The Hall–Kier alpha value is -0.540. The topological polar surface area (TPSA) is 29.3 Å². The van der Waals surface area contributed by atoms with Gasteiger partial charge in [0.2, 0.25) is 0 Å². The maximum absolute atomic E-state index is 5.85. The van der Waals surface area contributed by atoms with Crippen LogP contribution in [0, 0.1) is 5.92 Å². The van der Waals surface area contributed by atoms with Crippen LogP contribution in [-0.2, 0) is 12.8 Å². The van der Waals surface area contributed by atoms with Crippen molar-refractivity contribution in [2.45, 2.75) is 45.1 Å². The molecule has 3 nitrogen and oxygen atoms in total. The smallest absolute Gasteiger partial charge is 0.292 e. The van der Waals surface area contributed by atoms with E-state index in [1.807, 2.05) is 0 Å². The maximum Gasteiger partial charge on any atom is 0.292 e. The number of halogens is 1. The zero-order valence-corrected chi connectivity index (χ0v) is 11.0. The van der Waals surface area contributed by atoms with Crippen molar-refractivity contribution in [2.24, 2.45) is 5.92 Å². The first kappa shape index (κ1) is 11.5. The summed E-state index contributed by atoms with van der Waals surface area (Å²) in [5.41, 5.74) is 1.11. The van der Waals surface area contributed by atoms with E-state index in [1.165, 1.54) is 32.4 Å². The van der Waals surface area contributed by atoms with E-state index in [-0.39, 0.29) is 0 Å². The van der Waals surface area contributed by atoms with E-state index in [4.69, 9.17) is 16.0 Å². The molecule has 0 aromatic carbocycles. The van der Waals surface area contributed by atoms with Crippen LogP contribution >= 0.6 is 11.6 Å². The minimum atomic E-state index is 0.315. The summed E-state index contributed by atoms with van der Waals surface area (Å²) in [6.45, 7) is 4.70. The summed E-state index contributed by atoms with van der Waals surface area (Å²) in [6, 6.07) is 0.653. The van der Waals surface area contributed by atoms with Crippen molar-refractivity contribution in [1.82, 2.24) is 9.88 Å². The van der Waals surface area contributed by atoms with Gasteiger partial charge in [-0.2, -0.15) is 0 Å². The van der Waals surface area contributed by atoms with Crippen LogP contribution in [0.5, 0.6) is 0 Å². The molecule has 0 bridgehead atoms. The Kier molecular flexibility index (Phi) is 3.14. The van der Waals surface area contributed by atoms with Gasteiger partial charge in [-0.25, -0.2) is 4.98 Å². The summed E-state index contributed by atoms with van der Waals surface area (Å²) in [5.74, 6) is 1.78. The lowest BCUT2D eigenvalue weighted by molar-refractivity contribution is 0.0799. The number of piperidine rings is 1. The molecule has 2 atom stereocenters. The Morgan fingerprint density at radius 2 is 2.35 bits per heavy atom. The third-order valence-corrected chi connectivity index (χ3v) is 4.31. The molecule has 0 spiro atoms. The van der Waals surface area contributed by atoms with Gasteiger partial charge in [0.25, 0.3) is 5.35 Å². The average molecular weight is 255 g/mol. The Balaban J connectivity index is 1.83. The van der Waals surface area contributed by atoms with Gasteiger partial charge in [0.1, 0.15) is 5.76 Å². The molecule has 1 aliphatic heterocycles. The minimum absolute atomic E-state index is 0.315. The molecular formula is C13H19ClN2O. The van der Waals surface area contributed by atoms with Crippen LogP contribution in [-0.4, -0.2) is 29.0 Å². The Labute approximate surface area is 107 Å². The summed E-state index contributed by atoms with van der Waals surface area (Å²) < 4.78 is 5.51. The molecule has 1 aromatic rings. The summed E-state index contributed by atoms with van der Waals surface area (Å²) >= 11 is 5.85. The number of rotatable bonds is 2. The van der Waals surface area contributed by atoms with Crippen molar-refractivity contribution >= 4 is 11.6 Å². The maximum atomic E-state index is 5.85. The van der Waals surface area contributed by atoms with Gasteiger partial charge in [0.05, 0.1) is 5.69 Å². The molecule has 1 aliphatic carbocycles. The molecule has 3 rings (SSSR count). The van der Waals surface area contributed by atoms with E-state index in [9.17, 15) is 0 Å². The monoisotopic (exact) mass is 254 g/mol. The van der Waals surface area contributed by atoms with Crippen molar-refractivity contribution in [2.75, 3.05) is 13.1 Å². The highest BCUT2D eigenvalue weighted by Crippen LogP contribution is 2.35. The van der Waals surface area contributed by atoms with E-state index >= 15 is 0 Å². The third kappa shape index (κ3) is 2.11. The van der Waals surface area contributed by atoms with E-state index in [0.717, 1.165) is 30.2 Å². The second kappa shape index (κ2) is 4.62. The molecule has 0 N–H and O–H groups in total. The lowest BCUT2D eigenvalue weighted by Crippen LogP contribution is -2.49. The van der Waals surface area contributed by atoms with E-state index in [0.29, 0.717) is 11.4 Å². The van der Waals surface area contributed by atoms with Crippen molar-refractivity contribution in [3.8, 4) is 0 Å². The molecular weight excluding hydrogens is 236 g/mol. The van der Waals surface area contributed by atoms with E-state index < -0.39 is 0 Å². The van der Waals surface area contributed by atoms with Crippen molar-refractivity contribution < 1.29 is 4.42 Å². The molecule has 2 aliphatic rings. The Morgan fingerprint density at radius 3 is 3.18 bits per heavy atom. The van der Waals surface area contributed by atoms with Gasteiger partial charge in [-0.3, -0.25) is 4.90 Å². The van der Waals surface area contributed by atoms with Gasteiger partial charge in [-0.1, -0.05) is 6.92 Å². The lowest BCUT2D eigenvalue weighted by atomic mass is 9.79. The Morgan fingerprint density at radius 1 is 1.47 bits per heavy atom. The second-order valence-electron chi connectivity index (χ2n) is 5.25. The molecule has 2 heterocycles. The molecule has 1 fully saturated rings. The Bertz CT molecular complexity index is 402. The summed E-state index contributed by atoms with van der Waals surface area (Å²) in [4.78, 5) is 6.93. The molecule has 4 heteroatoms. The number of likely N-dealkylation sites (tertiary alicyclic amines) is 1. The van der Waals surface area contributed by atoms with Crippen LogP contribution in [0.1, 0.15) is 37.6 Å². The molecule has 0 amide bonds. The van der Waals surface area contributed by atoms with Gasteiger partial charge >= 0.3 is 0 Å². The standard InChI is InChI=1S/C13H19ClN2O/c1-2-5-16-6-3-4-9-7-10-12(8-11(9)16)17-13(14)15-10/h9,11H,2-8H2,1H3/t9-,11-/m0/s1. The molecule has 0 radical (unpaired) electrons. The average Bonchev–Trinajstić information content (AvgIpc) is 2.66. The van der Waals surface area contributed by atoms with Crippen LogP contribution in [0.2, 0.25) is 5.35 Å². The van der Waals surface area contributed by atoms with Gasteiger partial charge in [0.15, 0.2) is 0 Å². The van der Waals surface area contributed by atoms with Gasteiger partial charge in [0, 0.05) is 12.5 Å². The highest BCUT2D eigenvalue weighted by molar-refractivity contribution is 6.27. The normalized spacial score (nSPS) is 28.8. The highest BCUT2D eigenvalue weighted by atomic mass is 35.5. The zero-order valence-electron chi connectivity index (χ0n) is 10.3. The predicted molar refractivity (Wildman–Crippen MR) is 67.3 cm³/mol. The highest BCUT2D eigenvalue weighted by Gasteiger charge is 2.37. The molecule has 94 valence electrons. The summed E-state index contributed by atoms with van der Waals surface area (Å²) in [5, 5.41) is 0.315. The molecule has 17 heavy (non-hydrogen) atoms. The number of nitrogens with zero attached hydrogens (tertiary/aromatic N) is 2. The van der Waals surface area contributed by atoms with Crippen molar-refractivity contribution in [3.05, 3.63) is 16.8 Å². The number of oxazole rings is 1. The first-order chi connectivity index (χ1) is 8.28. The van der Waals surface area contributed by atoms with E-state index in [1.54, 1.807) is 0 Å². The van der Waals surface area contributed by atoms with Gasteiger partial charge in [-0.15, -0.1) is 0 Å². The largest absolute Gasteiger partial charge is 0.432 e. The third-order valence-electron chi connectivity index (χ3n) is 4.15. The quantitative estimate of drug-likeness (QED) is 0.813. The lowest BCUT2D eigenvalue weighted by Gasteiger charge is -2.43. The summed E-state index contributed by atoms with van der Waals surface area (Å²) in [7, 11) is 0. The number of hydrogen-bond acceptors (Lipinski definition) is 3. The fourth-order valence-electron chi connectivity index (χ4n) is 3.42. The van der Waals surface area contributed by atoms with Crippen molar-refractivity contribution in [3.63, 3.8) is 0 Å². The van der Waals surface area contributed by atoms with Gasteiger partial charge in [-0.05, 0) is 56.3 Å².